The van der Waals surface area contributed by atoms with Gasteiger partial charge in [0.15, 0.2) is 0 Å². The van der Waals surface area contributed by atoms with Crippen molar-refractivity contribution in [1.82, 2.24) is 0 Å². The smallest absolute Gasteiger partial charge is 0.277 e. The largest absolute Gasteiger partial charge is 0.497 e. The number of piperidine rings is 2. The van der Waals surface area contributed by atoms with Gasteiger partial charge in [0.05, 0.1) is 14.2 Å². The first-order valence-corrected chi connectivity index (χ1v) is 12.1. The normalized spacial score (nSPS) is 18.7. The fourth-order valence-corrected chi connectivity index (χ4v) is 4.64. The molecule has 37 heavy (non-hydrogen) atoms. The van der Waals surface area contributed by atoms with Gasteiger partial charge in [0, 0.05) is 42.5 Å². The fourth-order valence-electron chi connectivity index (χ4n) is 4.64. The van der Waals surface area contributed by atoms with Crippen LogP contribution >= 0.6 is 0 Å². The molecule has 0 saturated carbocycles. The van der Waals surface area contributed by atoms with E-state index in [1.54, 1.807) is 28.0 Å². The molecule has 3 amide bonds. The van der Waals surface area contributed by atoms with E-state index in [0.717, 1.165) is 24.1 Å². The molecule has 2 aromatic carbocycles. The molecule has 2 heterocycles. The Hall–Kier alpha value is -4.34. The molecule has 0 bridgehead atoms. The first-order valence-electron chi connectivity index (χ1n) is 12.1. The van der Waals surface area contributed by atoms with Crippen molar-refractivity contribution < 1.29 is 23.9 Å². The highest BCUT2D eigenvalue weighted by molar-refractivity contribution is 6.51. The SMILES string of the molecule is COc1ccc(N=C2C(=O)N(c3ccc(N4CCCCC4=O)c(C)c3)CCC2=C(N)C(N)=O)c(OC)c1. The van der Waals surface area contributed by atoms with Gasteiger partial charge in [-0.25, -0.2) is 4.99 Å². The number of carbonyl (C=O) groups is 3. The number of benzene rings is 2. The molecule has 0 unspecified atom stereocenters. The quantitative estimate of drug-likeness (QED) is 0.579. The van der Waals surface area contributed by atoms with Crippen molar-refractivity contribution in [2.75, 3.05) is 37.1 Å². The second-order valence-corrected chi connectivity index (χ2v) is 8.93. The second-order valence-electron chi connectivity index (χ2n) is 8.93. The molecule has 0 atom stereocenters. The number of nitrogens with zero attached hydrogens (tertiary/aromatic N) is 3. The van der Waals surface area contributed by atoms with E-state index in [9.17, 15) is 14.4 Å². The van der Waals surface area contributed by atoms with E-state index in [1.165, 1.54) is 14.2 Å². The Morgan fingerprint density at radius 2 is 1.73 bits per heavy atom. The van der Waals surface area contributed by atoms with E-state index < -0.39 is 11.8 Å². The first-order chi connectivity index (χ1) is 17.7. The van der Waals surface area contributed by atoms with Crippen LogP contribution in [-0.4, -0.2) is 50.7 Å². The van der Waals surface area contributed by atoms with Crippen LogP contribution < -0.4 is 30.7 Å². The summed E-state index contributed by atoms with van der Waals surface area (Å²) >= 11 is 0. The summed E-state index contributed by atoms with van der Waals surface area (Å²) in [6, 6.07) is 10.6. The lowest BCUT2D eigenvalue weighted by Gasteiger charge is -2.32. The number of hydrogen-bond donors (Lipinski definition) is 2. The molecule has 0 spiro atoms. The summed E-state index contributed by atoms with van der Waals surface area (Å²) in [5.74, 6) is -0.190. The van der Waals surface area contributed by atoms with Crippen LogP contribution in [0.2, 0.25) is 0 Å². The number of primary amides is 1. The summed E-state index contributed by atoms with van der Waals surface area (Å²) in [5, 5.41) is 0. The van der Waals surface area contributed by atoms with Crippen molar-refractivity contribution in [3.05, 3.63) is 53.2 Å². The van der Waals surface area contributed by atoms with Crippen LogP contribution in [0.5, 0.6) is 11.5 Å². The Balaban J connectivity index is 1.74. The third-order valence-corrected chi connectivity index (χ3v) is 6.63. The van der Waals surface area contributed by atoms with Gasteiger partial charge in [0.2, 0.25) is 5.91 Å². The number of carbonyl (C=O) groups excluding carboxylic acids is 3. The molecule has 4 rings (SSSR count). The zero-order valence-corrected chi connectivity index (χ0v) is 21.2. The van der Waals surface area contributed by atoms with E-state index in [-0.39, 0.29) is 30.3 Å². The lowest BCUT2D eigenvalue weighted by atomic mass is 9.97. The minimum Gasteiger partial charge on any atom is -0.497 e. The molecule has 2 fully saturated rings. The van der Waals surface area contributed by atoms with Gasteiger partial charge in [-0.3, -0.25) is 14.4 Å². The second kappa shape index (κ2) is 10.7. The Labute approximate surface area is 215 Å². The fraction of sp³-hybridized carbons (Fsp3) is 0.333. The third kappa shape index (κ3) is 5.13. The molecule has 2 aromatic rings. The van der Waals surface area contributed by atoms with Crippen LogP contribution in [0.4, 0.5) is 17.1 Å². The van der Waals surface area contributed by atoms with Crippen molar-refractivity contribution in [1.29, 1.82) is 0 Å². The van der Waals surface area contributed by atoms with E-state index in [4.69, 9.17) is 20.9 Å². The van der Waals surface area contributed by atoms with E-state index in [1.807, 2.05) is 25.1 Å². The minimum absolute atomic E-state index is 0.0129. The molecule has 10 heteroatoms. The number of amides is 3. The number of nitrogens with two attached hydrogens (primary N) is 2. The zero-order chi connectivity index (χ0) is 26.7. The van der Waals surface area contributed by atoms with Crippen molar-refractivity contribution in [2.45, 2.75) is 32.6 Å². The number of aryl methyl sites for hydroxylation is 1. The molecule has 194 valence electrons. The number of anilines is 2. The summed E-state index contributed by atoms with van der Waals surface area (Å²) in [6.07, 6.45) is 2.68. The van der Waals surface area contributed by atoms with Gasteiger partial charge < -0.3 is 30.7 Å². The van der Waals surface area contributed by atoms with Gasteiger partial charge in [0.25, 0.3) is 11.8 Å². The predicted octanol–water partition coefficient (Wildman–Crippen LogP) is 2.74. The van der Waals surface area contributed by atoms with Crippen LogP contribution in [-0.2, 0) is 14.4 Å². The van der Waals surface area contributed by atoms with Crippen LogP contribution in [0.3, 0.4) is 0 Å². The van der Waals surface area contributed by atoms with Crippen molar-refractivity contribution in [3.8, 4) is 11.5 Å². The molecular weight excluding hydrogens is 474 g/mol. The topological polar surface area (TPSA) is 141 Å². The summed E-state index contributed by atoms with van der Waals surface area (Å²) < 4.78 is 10.7. The molecule has 0 aromatic heterocycles. The van der Waals surface area contributed by atoms with Gasteiger partial charge in [-0.2, -0.15) is 0 Å². The predicted molar refractivity (Wildman–Crippen MR) is 141 cm³/mol. The summed E-state index contributed by atoms with van der Waals surface area (Å²) in [5.41, 5.74) is 14.3. The number of aliphatic imine (C=N–C) groups is 1. The van der Waals surface area contributed by atoms with Crippen molar-refractivity contribution in [2.24, 2.45) is 16.5 Å². The Kier molecular flexibility index (Phi) is 7.47. The third-order valence-electron chi connectivity index (χ3n) is 6.63. The molecule has 4 N–H and O–H groups in total. The highest BCUT2D eigenvalue weighted by Crippen LogP contribution is 2.35. The number of rotatable bonds is 6. The molecule has 2 saturated heterocycles. The minimum atomic E-state index is -0.822. The standard InChI is InChI=1S/C27H31N5O5/c1-16-14-17(7-10-21(16)32-12-5-4-6-23(32)33)31-13-11-19(24(28)26(29)34)25(27(31)35)30-20-9-8-18(36-2)15-22(20)37-3/h7-10,14-15H,4-6,11-13,28H2,1-3H3,(H2,29,34). The summed E-state index contributed by atoms with van der Waals surface area (Å²) in [4.78, 5) is 46.1. The summed E-state index contributed by atoms with van der Waals surface area (Å²) in [7, 11) is 3.02. The molecule has 2 aliphatic heterocycles. The summed E-state index contributed by atoms with van der Waals surface area (Å²) in [6.45, 7) is 2.88. The van der Waals surface area contributed by atoms with Crippen molar-refractivity contribution in [3.63, 3.8) is 0 Å². The Bertz CT molecular complexity index is 1320. The lowest BCUT2D eigenvalue weighted by molar-refractivity contribution is -0.119. The Morgan fingerprint density at radius 3 is 2.38 bits per heavy atom. The van der Waals surface area contributed by atoms with Gasteiger partial charge in [-0.15, -0.1) is 0 Å². The maximum absolute atomic E-state index is 13.8. The Morgan fingerprint density at radius 1 is 0.946 bits per heavy atom. The number of hydrogen-bond acceptors (Lipinski definition) is 7. The highest BCUT2D eigenvalue weighted by atomic mass is 16.5. The van der Waals surface area contributed by atoms with Crippen LogP contribution in [0.1, 0.15) is 31.2 Å². The van der Waals surface area contributed by atoms with Crippen LogP contribution in [0.25, 0.3) is 0 Å². The van der Waals surface area contributed by atoms with Crippen LogP contribution in [0.15, 0.2) is 52.7 Å². The van der Waals surface area contributed by atoms with Gasteiger partial charge in [-0.05, 0) is 62.1 Å². The molecule has 10 nitrogen and oxygen atoms in total. The van der Waals surface area contributed by atoms with Crippen molar-refractivity contribution >= 4 is 40.5 Å². The van der Waals surface area contributed by atoms with Gasteiger partial charge in [-0.1, -0.05) is 0 Å². The lowest BCUT2D eigenvalue weighted by Crippen LogP contribution is -2.45. The average Bonchev–Trinajstić information content (AvgIpc) is 2.90. The van der Waals surface area contributed by atoms with Gasteiger partial charge >= 0.3 is 0 Å². The average molecular weight is 506 g/mol. The monoisotopic (exact) mass is 505 g/mol. The van der Waals surface area contributed by atoms with E-state index >= 15 is 0 Å². The maximum Gasteiger partial charge on any atom is 0.277 e. The maximum atomic E-state index is 13.8. The van der Waals surface area contributed by atoms with Gasteiger partial charge in [0.1, 0.15) is 28.6 Å². The van der Waals surface area contributed by atoms with E-state index in [2.05, 4.69) is 4.99 Å². The van der Waals surface area contributed by atoms with E-state index in [0.29, 0.717) is 41.4 Å². The zero-order valence-electron chi connectivity index (χ0n) is 21.2. The molecular formula is C27H31N5O5. The number of ether oxygens (including phenoxy) is 2. The molecule has 0 aliphatic carbocycles. The van der Waals surface area contributed by atoms with Crippen LogP contribution in [0, 0.1) is 6.92 Å². The number of methoxy groups -OCH3 is 2. The molecule has 2 aliphatic rings. The first kappa shape index (κ1) is 25.7. The molecule has 0 radical (unpaired) electrons. The highest BCUT2D eigenvalue weighted by Gasteiger charge is 2.33.